The first kappa shape index (κ1) is 8.70. The van der Waals surface area contributed by atoms with Crippen molar-refractivity contribution in [2.75, 3.05) is 6.61 Å². The van der Waals surface area contributed by atoms with Crippen LogP contribution in [0.2, 0.25) is 0 Å². The van der Waals surface area contributed by atoms with Crippen molar-refractivity contribution in [1.29, 1.82) is 0 Å². The summed E-state index contributed by atoms with van der Waals surface area (Å²) >= 11 is 3.26. The molecule has 5 heteroatoms. The quantitative estimate of drug-likeness (QED) is 0.696. The van der Waals surface area contributed by atoms with Crippen molar-refractivity contribution in [3.05, 3.63) is 16.4 Å². The number of hydrogen-bond acceptors (Lipinski definition) is 3. The topological polar surface area (TPSA) is 74.9 Å². The van der Waals surface area contributed by atoms with Gasteiger partial charge in [0.15, 0.2) is 0 Å². The van der Waals surface area contributed by atoms with Crippen molar-refractivity contribution >= 4 is 15.9 Å². The summed E-state index contributed by atoms with van der Waals surface area (Å²) in [6.45, 7) is 0.0960. The molecule has 4 N–H and O–H groups in total. The molecule has 62 valence electrons. The number of halogens is 1. The molecule has 0 spiro atoms. The third kappa shape index (κ3) is 2.02. The van der Waals surface area contributed by atoms with Crippen LogP contribution in [-0.2, 0) is 0 Å². The molecule has 11 heavy (non-hydrogen) atoms. The van der Waals surface area contributed by atoms with Gasteiger partial charge in [-0.05, 0) is 22.4 Å². The lowest BCUT2D eigenvalue weighted by Gasteiger charge is -2.06. The van der Waals surface area contributed by atoms with Crippen LogP contribution in [-0.4, -0.2) is 21.9 Å². The van der Waals surface area contributed by atoms with Crippen LogP contribution < -0.4 is 5.73 Å². The number of nitrogens with zero attached hydrogens (tertiary/aromatic N) is 1. The molecule has 0 aliphatic carbocycles. The van der Waals surface area contributed by atoms with Gasteiger partial charge in [0.05, 0.1) is 6.20 Å². The number of aliphatic hydroxyl groups excluding tert-OH is 1. The number of nitrogens with one attached hydrogen (secondary N) is 1. The fourth-order valence-corrected chi connectivity index (χ4v) is 1.33. The number of aromatic amines is 1. The van der Waals surface area contributed by atoms with Gasteiger partial charge in [0.2, 0.25) is 0 Å². The smallest absolute Gasteiger partial charge is 0.105 e. The molecule has 1 unspecified atom stereocenters. The molecule has 0 amide bonds. The molecular formula is C6H10BrN3O. The first-order chi connectivity index (χ1) is 5.25. The van der Waals surface area contributed by atoms with Crippen molar-refractivity contribution in [2.45, 2.75) is 12.5 Å². The lowest BCUT2D eigenvalue weighted by atomic mass is 10.1. The lowest BCUT2D eigenvalue weighted by molar-refractivity contribution is 0.276. The van der Waals surface area contributed by atoms with Crippen LogP contribution in [0, 0.1) is 0 Å². The van der Waals surface area contributed by atoms with Crippen LogP contribution in [0.1, 0.15) is 18.0 Å². The van der Waals surface area contributed by atoms with Gasteiger partial charge in [-0.15, -0.1) is 0 Å². The number of aromatic nitrogens is 2. The van der Waals surface area contributed by atoms with Crippen LogP contribution >= 0.6 is 15.9 Å². The van der Waals surface area contributed by atoms with Crippen molar-refractivity contribution < 1.29 is 5.11 Å². The van der Waals surface area contributed by atoms with Crippen molar-refractivity contribution in [3.63, 3.8) is 0 Å². The van der Waals surface area contributed by atoms with E-state index in [2.05, 4.69) is 26.1 Å². The van der Waals surface area contributed by atoms with Gasteiger partial charge in [-0.25, -0.2) is 0 Å². The normalized spacial score (nSPS) is 13.4. The van der Waals surface area contributed by atoms with Gasteiger partial charge in [0.25, 0.3) is 0 Å². The highest BCUT2D eigenvalue weighted by molar-refractivity contribution is 9.10. The molecule has 0 radical (unpaired) electrons. The van der Waals surface area contributed by atoms with E-state index < -0.39 is 0 Å². The van der Waals surface area contributed by atoms with Crippen LogP contribution in [0.4, 0.5) is 0 Å². The minimum absolute atomic E-state index is 0.0960. The lowest BCUT2D eigenvalue weighted by Crippen LogP contribution is -2.11. The van der Waals surface area contributed by atoms with Gasteiger partial charge in [-0.3, -0.25) is 5.10 Å². The summed E-state index contributed by atoms with van der Waals surface area (Å²) in [5, 5.41) is 15.1. The monoisotopic (exact) mass is 219 g/mol. The second kappa shape index (κ2) is 3.85. The summed E-state index contributed by atoms with van der Waals surface area (Å²) in [6, 6.07) is -0.145. The first-order valence-electron chi connectivity index (χ1n) is 3.31. The van der Waals surface area contributed by atoms with Crippen molar-refractivity contribution in [3.8, 4) is 0 Å². The van der Waals surface area contributed by atoms with Crippen LogP contribution in [0.3, 0.4) is 0 Å². The van der Waals surface area contributed by atoms with Gasteiger partial charge in [0, 0.05) is 18.2 Å². The zero-order valence-electron chi connectivity index (χ0n) is 5.92. The first-order valence-corrected chi connectivity index (χ1v) is 4.10. The minimum Gasteiger partial charge on any atom is -0.396 e. The van der Waals surface area contributed by atoms with Gasteiger partial charge < -0.3 is 10.8 Å². The summed E-state index contributed by atoms with van der Waals surface area (Å²) in [4.78, 5) is 0. The second-order valence-corrected chi connectivity index (χ2v) is 3.05. The largest absolute Gasteiger partial charge is 0.396 e. The Balaban J connectivity index is 2.67. The Morgan fingerprint density at radius 2 is 2.55 bits per heavy atom. The number of hydrogen-bond donors (Lipinski definition) is 3. The van der Waals surface area contributed by atoms with E-state index in [0.717, 1.165) is 10.2 Å². The number of rotatable bonds is 3. The third-order valence-corrected chi connectivity index (χ3v) is 2.09. The van der Waals surface area contributed by atoms with Crippen LogP contribution in [0.25, 0.3) is 0 Å². The standard InChI is InChI=1S/C6H10BrN3O/c7-6-4(3-9-10-6)5(8)1-2-11/h3,5,11H,1-2,8H2,(H,9,10). The summed E-state index contributed by atoms with van der Waals surface area (Å²) in [5.74, 6) is 0. The van der Waals surface area contributed by atoms with Crippen molar-refractivity contribution in [1.82, 2.24) is 10.2 Å². The zero-order chi connectivity index (χ0) is 8.27. The van der Waals surface area contributed by atoms with E-state index in [1.165, 1.54) is 0 Å². The van der Waals surface area contributed by atoms with Gasteiger partial charge >= 0.3 is 0 Å². The van der Waals surface area contributed by atoms with E-state index in [1.807, 2.05) is 0 Å². The van der Waals surface area contributed by atoms with E-state index in [9.17, 15) is 0 Å². The molecule has 0 saturated heterocycles. The number of aliphatic hydroxyl groups is 1. The maximum Gasteiger partial charge on any atom is 0.105 e. The van der Waals surface area contributed by atoms with E-state index in [1.54, 1.807) is 6.20 Å². The molecule has 0 aliphatic heterocycles. The predicted molar refractivity (Wildman–Crippen MR) is 44.9 cm³/mol. The minimum atomic E-state index is -0.145. The Hall–Kier alpha value is -0.390. The highest BCUT2D eigenvalue weighted by Crippen LogP contribution is 2.20. The average Bonchev–Trinajstić information content (AvgIpc) is 2.36. The molecule has 1 aromatic rings. The van der Waals surface area contributed by atoms with E-state index >= 15 is 0 Å². The highest BCUT2D eigenvalue weighted by atomic mass is 79.9. The molecule has 0 aliphatic rings. The summed E-state index contributed by atoms with van der Waals surface area (Å²) < 4.78 is 0.790. The molecule has 0 saturated carbocycles. The summed E-state index contributed by atoms with van der Waals surface area (Å²) in [7, 11) is 0. The van der Waals surface area contributed by atoms with Gasteiger partial charge in [-0.1, -0.05) is 0 Å². The Bertz CT molecular complexity index is 225. The molecule has 1 atom stereocenters. The number of H-pyrrole nitrogens is 1. The summed E-state index contributed by atoms with van der Waals surface area (Å²) in [6.07, 6.45) is 2.21. The van der Waals surface area contributed by atoms with Gasteiger partial charge in [0.1, 0.15) is 4.60 Å². The third-order valence-electron chi connectivity index (χ3n) is 1.46. The van der Waals surface area contributed by atoms with E-state index in [0.29, 0.717) is 6.42 Å². The van der Waals surface area contributed by atoms with Crippen LogP contribution in [0.5, 0.6) is 0 Å². The Labute approximate surface area is 72.9 Å². The van der Waals surface area contributed by atoms with E-state index in [4.69, 9.17) is 10.8 Å². The molecule has 0 bridgehead atoms. The molecule has 1 aromatic heterocycles. The molecule has 1 heterocycles. The number of nitrogens with two attached hydrogens (primary N) is 1. The van der Waals surface area contributed by atoms with E-state index in [-0.39, 0.29) is 12.6 Å². The maximum atomic E-state index is 8.60. The molecule has 4 nitrogen and oxygen atoms in total. The molecule has 0 aromatic carbocycles. The second-order valence-electron chi connectivity index (χ2n) is 2.26. The predicted octanol–water partition coefficient (Wildman–Crippen LogP) is 0.554. The highest BCUT2D eigenvalue weighted by Gasteiger charge is 2.10. The SMILES string of the molecule is NC(CCO)c1cn[nH]c1Br. The molecule has 1 rings (SSSR count). The zero-order valence-corrected chi connectivity index (χ0v) is 7.50. The fraction of sp³-hybridized carbons (Fsp3) is 0.500. The molecule has 0 fully saturated rings. The molecular weight excluding hydrogens is 210 g/mol. The Kier molecular flexibility index (Phi) is 3.04. The van der Waals surface area contributed by atoms with Crippen molar-refractivity contribution in [2.24, 2.45) is 5.73 Å². The maximum absolute atomic E-state index is 8.60. The fourth-order valence-electron chi connectivity index (χ4n) is 0.833. The average molecular weight is 220 g/mol. The Morgan fingerprint density at radius 1 is 1.82 bits per heavy atom. The van der Waals surface area contributed by atoms with Gasteiger partial charge in [-0.2, -0.15) is 5.10 Å². The summed E-state index contributed by atoms with van der Waals surface area (Å²) in [5.41, 5.74) is 6.60. The Morgan fingerprint density at radius 3 is 3.00 bits per heavy atom. The van der Waals surface area contributed by atoms with Crippen LogP contribution in [0.15, 0.2) is 10.8 Å².